The lowest BCUT2D eigenvalue weighted by atomic mass is 9.98. The minimum Gasteiger partial charge on any atom is -0.507 e. The normalized spacial score (nSPS) is 18.8. The average molecular weight is 458 g/mol. The summed E-state index contributed by atoms with van der Waals surface area (Å²) in [5, 5.41) is 12.9. The van der Waals surface area contributed by atoms with E-state index in [1.165, 1.54) is 22.5 Å². The molecule has 1 unspecified atom stereocenters. The lowest BCUT2D eigenvalue weighted by molar-refractivity contribution is -0.140. The van der Waals surface area contributed by atoms with Crippen LogP contribution in [0.5, 0.6) is 0 Å². The predicted molar refractivity (Wildman–Crippen MR) is 110 cm³/mol. The SMILES string of the molecule is Cc1ccsc1C1/C(=C(/O)c2ccc(Br)cc2)C(=O)C(=O)N1Cc1ccco1. The molecule has 0 aliphatic carbocycles. The van der Waals surface area contributed by atoms with Gasteiger partial charge < -0.3 is 14.4 Å². The number of carbonyl (C=O) groups is 2. The van der Waals surface area contributed by atoms with E-state index < -0.39 is 17.7 Å². The van der Waals surface area contributed by atoms with Crippen molar-refractivity contribution in [1.29, 1.82) is 0 Å². The number of ketones is 1. The lowest BCUT2D eigenvalue weighted by Crippen LogP contribution is -2.28. The van der Waals surface area contributed by atoms with E-state index in [4.69, 9.17) is 4.42 Å². The zero-order valence-electron chi connectivity index (χ0n) is 14.9. The first kappa shape index (κ1) is 18.7. The predicted octanol–water partition coefficient (Wildman–Crippen LogP) is 5.03. The highest BCUT2D eigenvalue weighted by atomic mass is 79.9. The molecule has 1 aromatic carbocycles. The maximum Gasteiger partial charge on any atom is 0.296 e. The standard InChI is InChI=1S/C21H16BrNO4S/c1-12-8-10-28-20(12)17-16(18(24)13-4-6-14(22)7-5-13)19(25)21(26)23(17)11-15-3-2-9-27-15/h2-10,17,24H,11H2,1H3/b18-16-. The number of benzene rings is 1. The Balaban J connectivity index is 1.87. The molecule has 1 atom stereocenters. The zero-order chi connectivity index (χ0) is 19.8. The number of rotatable bonds is 4. The summed E-state index contributed by atoms with van der Waals surface area (Å²) in [4.78, 5) is 28.0. The summed E-state index contributed by atoms with van der Waals surface area (Å²) >= 11 is 4.82. The number of nitrogens with zero attached hydrogens (tertiary/aromatic N) is 1. The van der Waals surface area contributed by atoms with E-state index in [1.54, 1.807) is 36.4 Å². The van der Waals surface area contributed by atoms with Crippen LogP contribution in [0.1, 0.15) is 27.8 Å². The first-order chi connectivity index (χ1) is 13.5. The Labute approximate surface area is 174 Å². The molecular formula is C21H16BrNO4S. The fourth-order valence-corrected chi connectivity index (χ4v) is 4.62. The van der Waals surface area contributed by atoms with Gasteiger partial charge in [0.1, 0.15) is 17.6 Å². The number of thiophene rings is 1. The van der Waals surface area contributed by atoms with Gasteiger partial charge in [-0.25, -0.2) is 0 Å². The maximum absolute atomic E-state index is 12.9. The van der Waals surface area contributed by atoms with Gasteiger partial charge in [0.15, 0.2) is 0 Å². The molecule has 1 aliphatic rings. The Hall–Kier alpha value is -2.64. The van der Waals surface area contributed by atoms with Gasteiger partial charge in [0, 0.05) is 14.9 Å². The summed E-state index contributed by atoms with van der Waals surface area (Å²) in [6, 6.07) is 11.7. The number of aliphatic hydroxyl groups is 1. The van der Waals surface area contributed by atoms with Crippen molar-refractivity contribution >= 4 is 44.7 Å². The molecule has 3 heterocycles. The minimum absolute atomic E-state index is 0.101. The third-order valence-corrected chi connectivity index (χ3v) is 6.31. The van der Waals surface area contributed by atoms with Gasteiger partial charge in [0.05, 0.1) is 18.4 Å². The number of likely N-dealkylation sites (tertiary alicyclic amines) is 1. The van der Waals surface area contributed by atoms with Crippen molar-refractivity contribution in [2.75, 3.05) is 0 Å². The minimum atomic E-state index is -0.690. The van der Waals surface area contributed by atoms with E-state index in [-0.39, 0.29) is 17.9 Å². The molecule has 7 heteroatoms. The summed E-state index contributed by atoms with van der Waals surface area (Å²) in [6.07, 6.45) is 1.53. The Morgan fingerprint density at radius 1 is 1.21 bits per heavy atom. The van der Waals surface area contributed by atoms with Gasteiger partial charge >= 0.3 is 0 Å². The average Bonchev–Trinajstić information content (AvgIpc) is 3.39. The van der Waals surface area contributed by atoms with Crippen LogP contribution in [0, 0.1) is 6.92 Å². The van der Waals surface area contributed by atoms with Crippen LogP contribution in [0.15, 0.2) is 68.6 Å². The second-order valence-electron chi connectivity index (χ2n) is 6.48. The quantitative estimate of drug-likeness (QED) is 0.338. The van der Waals surface area contributed by atoms with Crippen molar-refractivity contribution in [2.45, 2.75) is 19.5 Å². The van der Waals surface area contributed by atoms with Crippen molar-refractivity contribution in [3.8, 4) is 0 Å². The number of Topliss-reactive ketones (excluding diaryl/α,β-unsaturated/α-hetero) is 1. The molecule has 0 saturated carbocycles. The molecule has 1 fully saturated rings. The number of amides is 1. The molecular weight excluding hydrogens is 442 g/mol. The third kappa shape index (κ3) is 3.21. The molecule has 4 rings (SSSR count). The van der Waals surface area contributed by atoms with Crippen molar-refractivity contribution < 1.29 is 19.1 Å². The molecule has 1 saturated heterocycles. The van der Waals surface area contributed by atoms with Gasteiger partial charge in [-0.1, -0.05) is 28.1 Å². The van der Waals surface area contributed by atoms with Crippen LogP contribution in [0.25, 0.3) is 5.76 Å². The number of aryl methyl sites for hydroxylation is 1. The van der Waals surface area contributed by atoms with Crippen LogP contribution in [0.2, 0.25) is 0 Å². The number of aliphatic hydroxyl groups excluding tert-OH is 1. The first-order valence-electron chi connectivity index (χ1n) is 8.58. The molecule has 0 spiro atoms. The van der Waals surface area contributed by atoms with E-state index in [0.29, 0.717) is 11.3 Å². The molecule has 3 aromatic rings. The fraction of sp³-hybridized carbons (Fsp3) is 0.143. The van der Waals surface area contributed by atoms with Crippen LogP contribution < -0.4 is 0 Å². The Kier molecular flexibility index (Phi) is 4.95. The molecule has 0 radical (unpaired) electrons. The van der Waals surface area contributed by atoms with Crippen LogP contribution in [0.3, 0.4) is 0 Å². The van der Waals surface area contributed by atoms with E-state index in [1.807, 2.05) is 18.4 Å². The molecule has 1 amide bonds. The van der Waals surface area contributed by atoms with Gasteiger partial charge in [-0.3, -0.25) is 9.59 Å². The Morgan fingerprint density at radius 3 is 2.57 bits per heavy atom. The largest absolute Gasteiger partial charge is 0.507 e. The zero-order valence-corrected chi connectivity index (χ0v) is 17.3. The first-order valence-corrected chi connectivity index (χ1v) is 10.3. The molecule has 142 valence electrons. The van der Waals surface area contributed by atoms with Gasteiger partial charge in [-0.2, -0.15) is 0 Å². The second-order valence-corrected chi connectivity index (χ2v) is 8.34. The number of hydrogen-bond donors (Lipinski definition) is 1. The van der Waals surface area contributed by atoms with Crippen molar-refractivity contribution in [1.82, 2.24) is 4.90 Å². The molecule has 5 nitrogen and oxygen atoms in total. The molecule has 28 heavy (non-hydrogen) atoms. The van der Waals surface area contributed by atoms with E-state index in [2.05, 4.69) is 15.9 Å². The molecule has 0 bridgehead atoms. The Morgan fingerprint density at radius 2 is 1.96 bits per heavy atom. The smallest absolute Gasteiger partial charge is 0.296 e. The number of halogens is 1. The van der Waals surface area contributed by atoms with Crippen LogP contribution in [-0.2, 0) is 16.1 Å². The second kappa shape index (κ2) is 7.41. The Bertz CT molecular complexity index is 1070. The monoisotopic (exact) mass is 457 g/mol. The van der Waals surface area contributed by atoms with Gasteiger partial charge in [0.2, 0.25) is 0 Å². The highest BCUT2D eigenvalue weighted by molar-refractivity contribution is 9.10. The summed E-state index contributed by atoms with van der Waals surface area (Å²) in [6.45, 7) is 2.08. The highest BCUT2D eigenvalue weighted by Crippen LogP contribution is 2.43. The highest BCUT2D eigenvalue weighted by Gasteiger charge is 2.47. The van der Waals surface area contributed by atoms with Crippen molar-refractivity contribution in [3.63, 3.8) is 0 Å². The number of carbonyl (C=O) groups excluding carboxylic acids is 2. The fourth-order valence-electron chi connectivity index (χ4n) is 3.31. The summed E-state index contributed by atoms with van der Waals surface area (Å²) in [5.74, 6) is -0.937. The van der Waals surface area contributed by atoms with E-state index in [0.717, 1.165) is 14.9 Å². The summed E-state index contributed by atoms with van der Waals surface area (Å²) < 4.78 is 6.24. The van der Waals surface area contributed by atoms with Gasteiger partial charge in [-0.15, -0.1) is 11.3 Å². The van der Waals surface area contributed by atoms with Crippen LogP contribution in [-0.4, -0.2) is 21.7 Å². The number of hydrogen-bond acceptors (Lipinski definition) is 5. The third-order valence-electron chi connectivity index (χ3n) is 4.71. The summed E-state index contributed by atoms with van der Waals surface area (Å²) in [5.41, 5.74) is 1.55. The molecule has 1 N–H and O–H groups in total. The van der Waals surface area contributed by atoms with Crippen molar-refractivity contribution in [2.24, 2.45) is 0 Å². The summed E-state index contributed by atoms with van der Waals surface area (Å²) in [7, 11) is 0. The molecule has 1 aliphatic heterocycles. The van der Waals surface area contributed by atoms with Gasteiger partial charge in [-0.05, 0) is 48.2 Å². The van der Waals surface area contributed by atoms with Crippen LogP contribution in [0.4, 0.5) is 0 Å². The van der Waals surface area contributed by atoms with Crippen molar-refractivity contribution in [3.05, 3.63) is 85.9 Å². The lowest BCUT2D eigenvalue weighted by Gasteiger charge is -2.24. The molecule has 2 aromatic heterocycles. The van der Waals surface area contributed by atoms with Crippen LogP contribution >= 0.6 is 27.3 Å². The van der Waals surface area contributed by atoms with Gasteiger partial charge in [0.25, 0.3) is 11.7 Å². The maximum atomic E-state index is 12.9. The topological polar surface area (TPSA) is 70.8 Å². The van der Waals surface area contributed by atoms with E-state index in [9.17, 15) is 14.7 Å². The number of furan rings is 1. The van der Waals surface area contributed by atoms with E-state index >= 15 is 0 Å².